The first kappa shape index (κ1) is 21.6. The number of nitro benzene ring substituents is 1. The predicted molar refractivity (Wildman–Crippen MR) is 121 cm³/mol. The Bertz CT molecular complexity index is 1350. The van der Waals surface area contributed by atoms with E-state index in [1.54, 1.807) is 48.0 Å². The number of ether oxygens (including phenoxy) is 1. The molecule has 10 heteroatoms. The van der Waals surface area contributed by atoms with Crippen molar-refractivity contribution in [3.63, 3.8) is 0 Å². The summed E-state index contributed by atoms with van der Waals surface area (Å²) in [6.07, 6.45) is 0. The number of carbonyl (C=O) groups is 1. The van der Waals surface area contributed by atoms with Crippen LogP contribution >= 0.6 is 0 Å². The maximum absolute atomic E-state index is 12.5. The second-order valence-corrected chi connectivity index (χ2v) is 7.31. The molecule has 1 N–H and O–H groups in total. The van der Waals surface area contributed by atoms with Gasteiger partial charge in [0.25, 0.3) is 11.6 Å². The summed E-state index contributed by atoms with van der Waals surface area (Å²) in [7, 11) is 0. The number of para-hydroxylation sites is 1. The Hall–Kier alpha value is -4.60. The Morgan fingerprint density at radius 2 is 1.76 bits per heavy atom. The summed E-state index contributed by atoms with van der Waals surface area (Å²) in [6, 6.07) is 16.0. The molecule has 2 heterocycles. The van der Waals surface area contributed by atoms with E-state index in [-0.39, 0.29) is 11.3 Å². The smallest absolute Gasteiger partial charge is 0.282 e. The van der Waals surface area contributed by atoms with E-state index in [0.717, 1.165) is 11.4 Å². The van der Waals surface area contributed by atoms with Crippen LogP contribution in [0.4, 0.5) is 11.4 Å². The number of nitrogens with one attached hydrogen (secondary N) is 1. The molecule has 1 amide bonds. The molecule has 0 bridgehead atoms. The number of aryl methyl sites for hydroxylation is 3. The van der Waals surface area contributed by atoms with Crippen LogP contribution in [0.5, 0.6) is 11.6 Å². The lowest BCUT2D eigenvalue weighted by Gasteiger charge is -2.10. The number of nitro groups is 1. The summed E-state index contributed by atoms with van der Waals surface area (Å²) in [4.78, 5) is 31.8. The van der Waals surface area contributed by atoms with Crippen LogP contribution in [-0.4, -0.2) is 30.6 Å². The number of aromatic nitrogens is 4. The molecule has 4 rings (SSSR count). The van der Waals surface area contributed by atoms with Gasteiger partial charge >= 0.3 is 0 Å². The minimum absolute atomic E-state index is 0.0176. The van der Waals surface area contributed by atoms with Crippen LogP contribution in [0.2, 0.25) is 0 Å². The first-order valence-electron chi connectivity index (χ1n) is 10.0. The minimum atomic E-state index is -0.587. The maximum atomic E-state index is 12.5. The van der Waals surface area contributed by atoms with Gasteiger partial charge in [0.05, 0.1) is 10.6 Å². The standard InChI is InChI=1S/C23H20N6O4/c1-14-12-15(2)28(27-14)21-13-22(25-16(3)24-21)33-18-10-8-17(9-11-18)26-23(30)19-6-4-5-7-20(19)29(31)32/h4-13H,1-3H3,(H,26,30). The molecule has 2 aromatic carbocycles. The zero-order valence-electron chi connectivity index (χ0n) is 18.1. The molecule has 0 spiro atoms. The SMILES string of the molecule is Cc1cc(C)n(-c2cc(Oc3ccc(NC(=O)c4ccccc4[N+](=O)[O-])cc3)nc(C)n2)n1. The molecule has 33 heavy (non-hydrogen) atoms. The molecule has 0 unspecified atom stereocenters. The largest absolute Gasteiger partial charge is 0.439 e. The van der Waals surface area contributed by atoms with E-state index in [2.05, 4.69) is 20.4 Å². The average molecular weight is 444 g/mol. The van der Waals surface area contributed by atoms with Crippen LogP contribution < -0.4 is 10.1 Å². The van der Waals surface area contributed by atoms with Crippen LogP contribution in [0.25, 0.3) is 5.82 Å². The Morgan fingerprint density at radius 1 is 1.03 bits per heavy atom. The van der Waals surface area contributed by atoms with Crippen molar-refractivity contribution in [3.05, 3.63) is 93.6 Å². The summed E-state index contributed by atoms with van der Waals surface area (Å²) < 4.78 is 7.59. The Labute approximate surface area is 189 Å². The van der Waals surface area contributed by atoms with Crippen molar-refractivity contribution in [2.75, 3.05) is 5.32 Å². The summed E-state index contributed by atoms with van der Waals surface area (Å²) >= 11 is 0. The molecule has 2 aromatic heterocycles. The van der Waals surface area contributed by atoms with Gasteiger partial charge < -0.3 is 10.1 Å². The third-order valence-electron chi connectivity index (χ3n) is 4.71. The highest BCUT2D eigenvalue weighted by Crippen LogP contribution is 2.25. The summed E-state index contributed by atoms with van der Waals surface area (Å²) in [5, 5.41) is 18.2. The van der Waals surface area contributed by atoms with Crippen molar-refractivity contribution in [1.82, 2.24) is 19.7 Å². The van der Waals surface area contributed by atoms with E-state index in [4.69, 9.17) is 4.74 Å². The molecular weight excluding hydrogens is 424 g/mol. The van der Waals surface area contributed by atoms with Crippen molar-refractivity contribution in [2.45, 2.75) is 20.8 Å². The molecule has 0 aliphatic heterocycles. The summed E-state index contributed by atoms with van der Waals surface area (Å²) in [5.74, 6) is 1.40. The molecule has 0 saturated carbocycles. The van der Waals surface area contributed by atoms with Gasteiger partial charge in [0, 0.05) is 23.5 Å². The highest BCUT2D eigenvalue weighted by molar-refractivity contribution is 6.07. The second kappa shape index (κ2) is 8.87. The zero-order chi connectivity index (χ0) is 23.5. The Kier molecular flexibility index (Phi) is 5.81. The fourth-order valence-electron chi connectivity index (χ4n) is 3.30. The van der Waals surface area contributed by atoms with Crippen molar-refractivity contribution >= 4 is 17.3 Å². The van der Waals surface area contributed by atoms with E-state index < -0.39 is 10.8 Å². The fraction of sp³-hybridized carbons (Fsp3) is 0.130. The molecular formula is C23H20N6O4. The number of anilines is 1. The highest BCUT2D eigenvalue weighted by atomic mass is 16.6. The third-order valence-corrected chi connectivity index (χ3v) is 4.71. The van der Waals surface area contributed by atoms with Gasteiger partial charge in [-0.05, 0) is 57.2 Å². The maximum Gasteiger partial charge on any atom is 0.282 e. The third kappa shape index (κ3) is 4.85. The first-order chi connectivity index (χ1) is 15.8. The van der Waals surface area contributed by atoms with Gasteiger partial charge in [-0.3, -0.25) is 14.9 Å². The van der Waals surface area contributed by atoms with Gasteiger partial charge in [0.15, 0.2) is 5.82 Å². The number of hydrogen-bond acceptors (Lipinski definition) is 7. The van der Waals surface area contributed by atoms with Crippen molar-refractivity contribution < 1.29 is 14.5 Å². The van der Waals surface area contributed by atoms with Crippen molar-refractivity contribution in [1.29, 1.82) is 0 Å². The van der Waals surface area contributed by atoms with Crippen LogP contribution in [0.15, 0.2) is 60.7 Å². The molecule has 166 valence electrons. The average Bonchev–Trinajstić information content (AvgIpc) is 3.12. The monoisotopic (exact) mass is 444 g/mol. The minimum Gasteiger partial charge on any atom is -0.439 e. The number of rotatable bonds is 6. The van der Waals surface area contributed by atoms with Gasteiger partial charge in [0.2, 0.25) is 5.88 Å². The predicted octanol–water partition coefficient (Wildman–Crippen LogP) is 4.54. The molecule has 0 fully saturated rings. The van der Waals surface area contributed by atoms with E-state index >= 15 is 0 Å². The molecule has 4 aromatic rings. The second-order valence-electron chi connectivity index (χ2n) is 7.31. The Balaban J connectivity index is 1.50. The molecule has 0 radical (unpaired) electrons. The van der Waals surface area contributed by atoms with E-state index in [1.165, 1.54) is 18.2 Å². The lowest BCUT2D eigenvalue weighted by atomic mass is 10.1. The first-order valence-corrected chi connectivity index (χ1v) is 10.0. The Morgan fingerprint density at radius 3 is 2.42 bits per heavy atom. The van der Waals surface area contributed by atoms with Crippen LogP contribution in [0.3, 0.4) is 0 Å². The topological polar surface area (TPSA) is 125 Å². The lowest BCUT2D eigenvalue weighted by Crippen LogP contribution is -2.13. The number of hydrogen-bond donors (Lipinski definition) is 1. The van der Waals surface area contributed by atoms with E-state index in [9.17, 15) is 14.9 Å². The van der Waals surface area contributed by atoms with Gasteiger partial charge in [-0.25, -0.2) is 9.67 Å². The quantitative estimate of drug-likeness (QED) is 0.342. The molecule has 0 aliphatic rings. The van der Waals surface area contributed by atoms with Gasteiger partial charge in [-0.15, -0.1) is 0 Å². The van der Waals surface area contributed by atoms with Crippen LogP contribution in [0.1, 0.15) is 27.6 Å². The fourth-order valence-corrected chi connectivity index (χ4v) is 3.30. The summed E-state index contributed by atoms with van der Waals surface area (Å²) in [6.45, 7) is 5.61. The van der Waals surface area contributed by atoms with Gasteiger partial charge in [-0.1, -0.05) is 12.1 Å². The van der Waals surface area contributed by atoms with Crippen LogP contribution in [-0.2, 0) is 0 Å². The van der Waals surface area contributed by atoms with Gasteiger partial charge in [-0.2, -0.15) is 10.1 Å². The normalized spacial score (nSPS) is 10.6. The van der Waals surface area contributed by atoms with Crippen LogP contribution in [0, 0.1) is 30.9 Å². The number of benzene rings is 2. The molecule has 0 saturated heterocycles. The van der Waals surface area contributed by atoms with Crippen molar-refractivity contribution in [3.8, 4) is 17.4 Å². The van der Waals surface area contributed by atoms with Crippen molar-refractivity contribution in [2.24, 2.45) is 0 Å². The van der Waals surface area contributed by atoms with E-state index in [1.807, 2.05) is 19.9 Å². The van der Waals surface area contributed by atoms with Gasteiger partial charge in [0.1, 0.15) is 17.1 Å². The molecule has 10 nitrogen and oxygen atoms in total. The number of amides is 1. The lowest BCUT2D eigenvalue weighted by molar-refractivity contribution is -0.385. The number of carbonyl (C=O) groups excluding carboxylic acids is 1. The van der Waals surface area contributed by atoms with E-state index in [0.29, 0.717) is 29.0 Å². The molecule has 0 aliphatic carbocycles. The summed E-state index contributed by atoms with van der Waals surface area (Å²) in [5.41, 5.74) is 2.01. The number of nitrogens with zero attached hydrogens (tertiary/aromatic N) is 5. The highest BCUT2D eigenvalue weighted by Gasteiger charge is 2.19. The zero-order valence-corrected chi connectivity index (χ0v) is 18.1. The molecule has 0 atom stereocenters.